The first-order chi connectivity index (χ1) is 9.61. The lowest BCUT2D eigenvalue weighted by Gasteiger charge is -2.30. The van der Waals surface area contributed by atoms with Crippen LogP contribution in [0.15, 0.2) is 24.3 Å². The van der Waals surface area contributed by atoms with Crippen LogP contribution < -0.4 is 10.6 Å². The molecular weight excluding hydrogens is 248 g/mol. The summed E-state index contributed by atoms with van der Waals surface area (Å²) in [5.41, 5.74) is 8.55. The van der Waals surface area contributed by atoms with E-state index < -0.39 is 0 Å². The summed E-state index contributed by atoms with van der Waals surface area (Å²) in [4.78, 5) is 14.5. The molecule has 3 nitrogen and oxygen atoms in total. The SMILES string of the molecule is CCc1ccc(N(C)C(=O)C2C3CCC(C3)C2N)cc1. The molecule has 20 heavy (non-hydrogen) atoms. The maximum Gasteiger partial charge on any atom is 0.231 e. The van der Waals surface area contributed by atoms with Crippen LogP contribution in [-0.4, -0.2) is 19.0 Å². The Labute approximate surface area is 121 Å². The number of carbonyl (C=O) groups excluding carboxylic acids is 1. The molecule has 0 radical (unpaired) electrons. The van der Waals surface area contributed by atoms with Crippen LogP contribution in [0.1, 0.15) is 31.7 Å². The molecule has 2 fully saturated rings. The van der Waals surface area contributed by atoms with E-state index in [-0.39, 0.29) is 17.9 Å². The number of aryl methyl sites for hydroxylation is 1. The Kier molecular flexibility index (Phi) is 3.55. The van der Waals surface area contributed by atoms with Gasteiger partial charge in [-0.25, -0.2) is 0 Å². The minimum atomic E-state index is 0.0320. The molecule has 1 aromatic carbocycles. The van der Waals surface area contributed by atoms with E-state index in [1.807, 2.05) is 19.2 Å². The molecule has 0 aromatic heterocycles. The second-order valence-corrected chi connectivity index (χ2v) is 6.35. The zero-order valence-electron chi connectivity index (χ0n) is 12.4. The molecular formula is C17H24N2O. The fourth-order valence-electron chi connectivity index (χ4n) is 4.01. The van der Waals surface area contributed by atoms with Crippen molar-refractivity contribution in [2.45, 2.75) is 38.6 Å². The first kappa shape index (κ1) is 13.6. The van der Waals surface area contributed by atoms with Crippen molar-refractivity contribution in [2.75, 3.05) is 11.9 Å². The van der Waals surface area contributed by atoms with E-state index in [0.29, 0.717) is 11.8 Å². The minimum absolute atomic E-state index is 0.0320. The highest BCUT2D eigenvalue weighted by atomic mass is 16.2. The largest absolute Gasteiger partial charge is 0.327 e. The Morgan fingerprint density at radius 3 is 2.45 bits per heavy atom. The predicted molar refractivity (Wildman–Crippen MR) is 81.5 cm³/mol. The van der Waals surface area contributed by atoms with Gasteiger partial charge in [0.2, 0.25) is 5.91 Å². The summed E-state index contributed by atoms with van der Waals surface area (Å²) in [7, 11) is 1.88. The van der Waals surface area contributed by atoms with Gasteiger partial charge in [-0.3, -0.25) is 4.79 Å². The normalized spacial score (nSPS) is 31.6. The standard InChI is InChI=1S/C17H24N2O/c1-3-11-4-8-14(9-5-11)19(2)17(20)15-12-6-7-13(10-12)16(15)18/h4-5,8-9,12-13,15-16H,3,6-7,10,18H2,1-2H3. The monoisotopic (exact) mass is 272 g/mol. The predicted octanol–water partition coefficient (Wildman–Crippen LogP) is 2.59. The minimum Gasteiger partial charge on any atom is -0.327 e. The van der Waals surface area contributed by atoms with Crippen molar-refractivity contribution in [1.29, 1.82) is 0 Å². The third kappa shape index (κ3) is 2.14. The van der Waals surface area contributed by atoms with Gasteiger partial charge < -0.3 is 10.6 Å². The third-order valence-electron chi connectivity index (χ3n) is 5.33. The van der Waals surface area contributed by atoms with Gasteiger partial charge in [-0.1, -0.05) is 19.1 Å². The van der Waals surface area contributed by atoms with E-state index in [1.165, 1.54) is 18.4 Å². The van der Waals surface area contributed by atoms with Crippen molar-refractivity contribution in [3.8, 4) is 0 Å². The van der Waals surface area contributed by atoms with Crippen molar-refractivity contribution in [3.05, 3.63) is 29.8 Å². The quantitative estimate of drug-likeness (QED) is 0.919. The van der Waals surface area contributed by atoms with Crippen molar-refractivity contribution in [2.24, 2.45) is 23.5 Å². The number of benzene rings is 1. The van der Waals surface area contributed by atoms with Crippen LogP contribution in [0.3, 0.4) is 0 Å². The van der Waals surface area contributed by atoms with Crippen molar-refractivity contribution < 1.29 is 4.79 Å². The zero-order chi connectivity index (χ0) is 14.3. The summed E-state index contributed by atoms with van der Waals surface area (Å²) in [5, 5.41) is 0. The van der Waals surface area contributed by atoms with Gasteiger partial charge in [-0.15, -0.1) is 0 Å². The molecule has 1 amide bonds. The summed E-state index contributed by atoms with van der Waals surface area (Å²) in [6.07, 6.45) is 4.57. The summed E-state index contributed by atoms with van der Waals surface area (Å²) >= 11 is 0. The molecule has 108 valence electrons. The lowest BCUT2D eigenvalue weighted by atomic mass is 9.84. The molecule has 0 spiro atoms. The number of rotatable bonds is 3. The number of amides is 1. The molecule has 0 heterocycles. The average Bonchev–Trinajstić information content (AvgIpc) is 3.07. The molecule has 0 saturated heterocycles. The van der Waals surface area contributed by atoms with E-state index >= 15 is 0 Å². The Hall–Kier alpha value is -1.35. The number of fused-ring (bicyclic) bond motifs is 2. The number of hydrogen-bond donors (Lipinski definition) is 1. The molecule has 2 aliphatic carbocycles. The van der Waals surface area contributed by atoms with E-state index in [9.17, 15) is 4.79 Å². The van der Waals surface area contributed by atoms with Crippen LogP contribution in [0.2, 0.25) is 0 Å². The van der Waals surface area contributed by atoms with Crippen molar-refractivity contribution in [1.82, 2.24) is 0 Å². The number of hydrogen-bond acceptors (Lipinski definition) is 2. The van der Waals surface area contributed by atoms with Gasteiger partial charge in [0.1, 0.15) is 0 Å². The highest BCUT2D eigenvalue weighted by molar-refractivity contribution is 5.95. The molecule has 3 heteroatoms. The van der Waals surface area contributed by atoms with E-state index in [2.05, 4.69) is 19.1 Å². The molecule has 1 aromatic rings. The Bertz CT molecular complexity index is 494. The molecule has 3 rings (SSSR count). The summed E-state index contributed by atoms with van der Waals surface area (Å²) in [6.45, 7) is 2.14. The Morgan fingerprint density at radius 2 is 1.90 bits per heavy atom. The van der Waals surface area contributed by atoms with Gasteiger partial charge in [0, 0.05) is 18.8 Å². The lowest BCUT2D eigenvalue weighted by molar-refractivity contribution is -0.124. The molecule has 4 unspecified atom stereocenters. The number of nitrogens with two attached hydrogens (primary N) is 1. The molecule has 2 bridgehead atoms. The molecule has 2 aliphatic rings. The first-order valence-corrected chi connectivity index (χ1v) is 7.74. The van der Waals surface area contributed by atoms with Gasteiger partial charge in [-0.2, -0.15) is 0 Å². The summed E-state index contributed by atoms with van der Waals surface area (Å²) in [6, 6.07) is 8.34. The summed E-state index contributed by atoms with van der Waals surface area (Å²) < 4.78 is 0. The fourth-order valence-corrected chi connectivity index (χ4v) is 4.01. The highest BCUT2D eigenvalue weighted by Crippen LogP contribution is 2.48. The Balaban J connectivity index is 1.76. The highest BCUT2D eigenvalue weighted by Gasteiger charge is 2.49. The van der Waals surface area contributed by atoms with Crippen LogP contribution in [0, 0.1) is 17.8 Å². The zero-order valence-corrected chi connectivity index (χ0v) is 12.4. The van der Waals surface area contributed by atoms with Gasteiger partial charge in [0.15, 0.2) is 0 Å². The number of carbonyl (C=O) groups is 1. The van der Waals surface area contributed by atoms with Crippen molar-refractivity contribution in [3.63, 3.8) is 0 Å². The lowest BCUT2D eigenvalue weighted by Crippen LogP contribution is -2.46. The third-order valence-corrected chi connectivity index (χ3v) is 5.33. The van der Waals surface area contributed by atoms with Crippen LogP contribution in [0.4, 0.5) is 5.69 Å². The van der Waals surface area contributed by atoms with Crippen LogP contribution in [0.5, 0.6) is 0 Å². The number of nitrogens with zero attached hydrogens (tertiary/aromatic N) is 1. The van der Waals surface area contributed by atoms with Crippen LogP contribution in [-0.2, 0) is 11.2 Å². The summed E-state index contributed by atoms with van der Waals surface area (Å²) in [5.74, 6) is 1.32. The van der Waals surface area contributed by atoms with Gasteiger partial charge in [0.25, 0.3) is 0 Å². The molecule has 2 N–H and O–H groups in total. The topological polar surface area (TPSA) is 46.3 Å². The van der Waals surface area contributed by atoms with Crippen molar-refractivity contribution >= 4 is 11.6 Å². The van der Waals surface area contributed by atoms with Crippen LogP contribution >= 0.6 is 0 Å². The first-order valence-electron chi connectivity index (χ1n) is 7.74. The maximum absolute atomic E-state index is 12.7. The second-order valence-electron chi connectivity index (χ2n) is 6.35. The van der Waals surface area contributed by atoms with Gasteiger partial charge in [0.05, 0.1) is 5.92 Å². The molecule has 0 aliphatic heterocycles. The second kappa shape index (κ2) is 5.21. The van der Waals surface area contributed by atoms with Crippen LogP contribution in [0.25, 0.3) is 0 Å². The smallest absolute Gasteiger partial charge is 0.231 e. The maximum atomic E-state index is 12.7. The van der Waals surface area contributed by atoms with Gasteiger partial charge in [-0.05, 0) is 55.2 Å². The average molecular weight is 272 g/mol. The van der Waals surface area contributed by atoms with E-state index in [4.69, 9.17) is 5.73 Å². The Morgan fingerprint density at radius 1 is 1.25 bits per heavy atom. The molecule has 4 atom stereocenters. The number of anilines is 1. The van der Waals surface area contributed by atoms with E-state index in [0.717, 1.165) is 18.5 Å². The fraction of sp³-hybridized carbons (Fsp3) is 0.588. The molecule has 2 saturated carbocycles. The van der Waals surface area contributed by atoms with E-state index in [1.54, 1.807) is 4.90 Å². The van der Waals surface area contributed by atoms with Gasteiger partial charge >= 0.3 is 0 Å².